The average molecular weight is 272 g/mol. The molecule has 1 aliphatic rings. The minimum atomic E-state index is 0.0573. The average Bonchev–Trinajstić information content (AvgIpc) is 2.95. The van der Waals surface area contributed by atoms with Crippen LogP contribution < -0.4 is 5.32 Å². The Balaban J connectivity index is 1.71. The molecule has 0 aliphatic carbocycles. The molecule has 2 N–H and O–H groups in total. The first-order valence-corrected chi connectivity index (χ1v) is 7.02. The molecule has 2 aromatic rings. The molecule has 2 aromatic heterocycles. The fourth-order valence-electron chi connectivity index (χ4n) is 2.59. The SMILES string of the molecule is CC1(NCc2cn[nH]c2-c2cccnc2)CCCOC1. The van der Waals surface area contributed by atoms with Crippen molar-refractivity contribution in [3.63, 3.8) is 0 Å². The Morgan fingerprint density at radius 3 is 3.15 bits per heavy atom. The van der Waals surface area contributed by atoms with Crippen molar-refractivity contribution < 1.29 is 4.74 Å². The van der Waals surface area contributed by atoms with Crippen molar-refractivity contribution >= 4 is 0 Å². The van der Waals surface area contributed by atoms with Crippen molar-refractivity contribution in [3.8, 4) is 11.3 Å². The van der Waals surface area contributed by atoms with Crippen LogP contribution in [-0.2, 0) is 11.3 Å². The van der Waals surface area contributed by atoms with Crippen LogP contribution in [0.3, 0.4) is 0 Å². The summed E-state index contributed by atoms with van der Waals surface area (Å²) in [4.78, 5) is 4.16. The maximum absolute atomic E-state index is 5.57. The Morgan fingerprint density at radius 1 is 1.45 bits per heavy atom. The van der Waals surface area contributed by atoms with Crippen LogP contribution in [0.5, 0.6) is 0 Å². The summed E-state index contributed by atoms with van der Waals surface area (Å²) in [6, 6.07) is 3.97. The molecule has 1 atom stereocenters. The molecule has 3 rings (SSSR count). The van der Waals surface area contributed by atoms with Crippen molar-refractivity contribution in [1.29, 1.82) is 0 Å². The summed E-state index contributed by atoms with van der Waals surface area (Å²) < 4.78 is 5.57. The van der Waals surface area contributed by atoms with Gasteiger partial charge in [-0.25, -0.2) is 0 Å². The van der Waals surface area contributed by atoms with Crippen molar-refractivity contribution in [2.45, 2.75) is 31.8 Å². The van der Waals surface area contributed by atoms with Gasteiger partial charge in [-0.2, -0.15) is 5.10 Å². The molecule has 1 unspecified atom stereocenters. The van der Waals surface area contributed by atoms with Gasteiger partial charge in [0.2, 0.25) is 0 Å². The lowest BCUT2D eigenvalue weighted by atomic mass is 9.94. The van der Waals surface area contributed by atoms with Crippen molar-refractivity contribution in [3.05, 3.63) is 36.3 Å². The van der Waals surface area contributed by atoms with Crippen LogP contribution >= 0.6 is 0 Å². The van der Waals surface area contributed by atoms with Gasteiger partial charge < -0.3 is 10.1 Å². The predicted molar refractivity (Wildman–Crippen MR) is 77.1 cm³/mol. The molecule has 5 nitrogen and oxygen atoms in total. The second-order valence-electron chi connectivity index (χ2n) is 5.58. The van der Waals surface area contributed by atoms with Gasteiger partial charge in [-0.05, 0) is 31.9 Å². The standard InChI is InChI=1S/C15H20N4O/c1-15(5-3-7-20-11-15)17-9-13-10-18-19-14(13)12-4-2-6-16-8-12/h2,4,6,8,10,17H,3,5,7,9,11H2,1H3,(H,18,19). The van der Waals surface area contributed by atoms with E-state index in [2.05, 4.69) is 27.4 Å². The van der Waals surface area contributed by atoms with Crippen LogP contribution in [0.1, 0.15) is 25.3 Å². The zero-order chi connectivity index (χ0) is 13.8. The molecule has 1 saturated heterocycles. The molecule has 0 spiro atoms. The number of nitrogens with one attached hydrogen (secondary N) is 2. The summed E-state index contributed by atoms with van der Waals surface area (Å²) in [5.41, 5.74) is 3.31. The van der Waals surface area contributed by atoms with Crippen LogP contribution in [0.4, 0.5) is 0 Å². The van der Waals surface area contributed by atoms with E-state index in [0.717, 1.165) is 49.4 Å². The Bertz CT molecular complexity index is 546. The van der Waals surface area contributed by atoms with E-state index in [4.69, 9.17) is 4.74 Å². The molecule has 3 heterocycles. The molecular weight excluding hydrogens is 252 g/mol. The van der Waals surface area contributed by atoms with Crippen LogP contribution in [0.2, 0.25) is 0 Å². The van der Waals surface area contributed by atoms with E-state index >= 15 is 0 Å². The molecule has 0 radical (unpaired) electrons. The summed E-state index contributed by atoms with van der Waals surface area (Å²) in [6.07, 6.45) is 7.76. The molecule has 0 amide bonds. The summed E-state index contributed by atoms with van der Waals surface area (Å²) >= 11 is 0. The second-order valence-corrected chi connectivity index (χ2v) is 5.58. The maximum atomic E-state index is 5.57. The molecule has 1 fully saturated rings. The number of nitrogens with zero attached hydrogens (tertiary/aromatic N) is 2. The van der Waals surface area contributed by atoms with Crippen LogP contribution in [0.25, 0.3) is 11.3 Å². The highest BCUT2D eigenvalue weighted by atomic mass is 16.5. The Kier molecular flexibility index (Phi) is 3.80. The van der Waals surface area contributed by atoms with Gasteiger partial charge in [0, 0.05) is 42.2 Å². The lowest BCUT2D eigenvalue weighted by Crippen LogP contribution is -2.48. The third-order valence-electron chi connectivity index (χ3n) is 3.81. The number of rotatable bonds is 4. The smallest absolute Gasteiger partial charge is 0.0710 e. The van der Waals surface area contributed by atoms with Crippen LogP contribution in [0, 0.1) is 0 Å². The fraction of sp³-hybridized carbons (Fsp3) is 0.467. The number of aromatic amines is 1. The molecule has 5 heteroatoms. The molecule has 106 valence electrons. The Hall–Kier alpha value is -1.72. The summed E-state index contributed by atoms with van der Waals surface area (Å²) in [7, 11) is 0. The summed E-state index contributed by atoms with van der Waals surface area (Å²) in [5.74, 6) is 0. The van der Waals surface area contributed by atoms with Gasteiger partial charge in [-0.1, -0.05) is 0 Å². The molecule has 20 heavy (non-hydrogen) atoms. The van der Waals surface area contributed by atoms with E-state index in [1.165, 1.54) is 0 Å². The first-order chi connectivity index (χ1) is 9.77. The first-order valence-electron chi connectivity index (χ1n) is 7.02. The predicted octanol–water partition coefficient (Wildman–Crippen LogP) is 2.13. The number of H-pyrrole nitrogens is 1. The Labute approximate surface area is 118 Å². The van der Waals surface area contributed by atoms with Crippen LogP contribution in [0.15, 0.2) is 30.7 Å². The zero-order valence-electron chi connectivity index (χ0n) is 11.7. The summed E-state index contributed by atoms with van der Waals surface area (Å²) in [5, 5.41) is 10.8. The van der Waals surface area contributed by atoms with E-state index in [9.17, 15) is 0 Å². The number of hydrogen-bond acceptors (Lipinski definition) is 4. The summed E-state index contributed by atoms with van der Waals surface area (Å²) in [6.45, 7) is 4.65. The largest absolute Gasteiger partial charge is 0.380 e. The van der Waals surface area contributed by atoms with Gasteiger partial charge in [-0.15, -0.1) is 0 Å². The monoisotopic (exact) mass is 272 g/mol. The maximum Gasteiger partial charge on any atom is 0.0710 e. The number of hydrogen-bond donors (Lipinski definition) is 2. The third kappa shape index (κ3) is 2.89. The van der Waals surface area contributed by atoms with Gasteiger partial charge in [0.05, 0.1) is 18.5 Å². The van der Waals surface area contributed by atoms with E-state index < -0.39 is 0 Å². The van der Waals surface area contributed by atoms with Crippen LogP contribution in [-0.4, -0.2) is 33.9 Å². The quantitative estimate of drug-likeness (QED) is 0.895. The normalized spacial score (nSPS) is 22.9. The highest BCUT2D eigenvalue weighted by Gasteiger charge is 2.27. The van der Waals surface area contributed by atoms with E-state index in [-0.39, 0.29) is 5.54 Å². The van der Waals surface area contributed by atoms with Gasteiger partial charge in [0.1, 0.15) is 0 Å². The van der Waals surface area contributed by atoms with Gasteiger partial charge >= 0.3 is 0 Å². The van der Waals surface area contributed by atoms with E-state index in [0.29, 0.717) is 0 Å². The topological polar surface area (TPSA) is 62.8 Å². The molecule has 0 saturated carbocycles. The van der Waals surface area contributed by atoms with Crippen molar-refractivity contribution in [1.82, 2.24) is 20.5 Å². The number of pyridine rings is 1. The van der Waals surface area contributed by atoms with Crippen molar-refractivity contribution in [2.75, 3.05) is 13.2 Å². The first kappa shape index (κ1) is 13.3. The second kappa shape index (κ2) is 5.73. The van der Waals surface area contributed by atoms with Gasteiger partial charge in [0.15, 0.2) is 0 Å². The number of aromatic nitrogens is 3. The van der Waals surface area contributed by atoms with Gasteiger partial charge in [-0.3, -0.25) is 10.1 Å². The third-order valence-corrected chi connectivity index (χ3v) is 3.81. The molecule has 0 aromatic carbocycles. The van der Waals surface area contributed by atoms with Crippen molar-refractivity contribution in [2.24, 2.45) is 0 Å². The highest BCUT2D eigenvalue weighted by molar-refractivity contribution is 5.61. The zero-order valence-corrected chi connectivity index (χ0v) is 11.7. The highest BCUT2D eigenvalue weighted by Crippen LogP contribution is 2.22. The molecule has 1 aliphatic heterocycles. The minimum absolute atomic E-state index is 0.0573. The minimum Gasteiger partial charge on any atom is -0.380 e. The fourth-order valence-corrected chi connectivity index (χ4v) is 2.59. The lowest BCUT2D eigenvalue weighted by molar-refractivity contribution is 0.0278. The lowest BCUT2D eigenvalue weighted by Gasteiger charge is -2.34. The molecular formula is C15H20N4O. The van der Waals surface area contributed by atoms with E-state index in [1.807, 2.05) is 24.5 Å². The Morgan fingerprint density at radius 2 is 2.40 bits per heavy atom. The van der Waals surface area contributed by atoms with E-state index in [1.54, 1.807) is 6.20 Å². The number of ether oxygens (including phenoxy) is 1. The molecule has 0 bridgehead atoms. The van der Waals surface area contributed by atoms with Gasteiger partial charge in [0.25, 0.3) is 0 Å².